The maximum atomic E-state index is 13.3. The lowest BCUT2D eigenvalue weighted by Gasteiger charge is -2.17. The first-order chi connectivity index (χ1) is 16.3. The number of aryl methyl sites for hydroxylation is 2. The van der Waals surface area contributed by atoms with Crippen LogP contribution in [0.1, 0.15) is 55.4 Å². The van der Waals surface area contributed by atoms with Crippen molar-refractivity contribution in [3.05, 3.63) is 83.0 Å². The number of nitrogens with zero attached hydrogens (tertiary/aromatic N) is 3. The van der Waals surface area contributed by atoms with E-state index in [4.69, 9.17) is 0 Å². The quantitative estimate of drug-likeness (QED) is 0.410. The lowest BCUT2D eigenvalue weighted by atomic mass is 9.91. The molecule has 2 unspecified atom stereocenters. The van der Waals surface area contributed by atoms with Crippen LogP contribution in [0.25, 0.3) is 11.3 Å². The fourth-order valence-corrected chi connectivity index (χ4v) is 4.43. The standard InChI is InChI=1S/C29H31N3O2/c1-6-18(2)23-11-7-10-22(15-23)16-26(33)27-21(5)31-32(29(27)34)24-13-12-19(3)25(17-24)28-20(4)9-8-14-30-28/h7-15,17-18,27H,6,16H2,1-5H3. The highest BCUT2D eigenvalue weighted by Crippen LogP contribution is 2.32. The van der Waals surface area contributed by atoms with E-state index >= 15 is 0 Å². The maximum Gasteiger partial charge on any atom is 0.263 e. The first-order valence-electron chi connectivity index (χ1n) is 11.8. The Morgan fingerprint density at radius 3 is 2.56 bits per heavy atom. The Morgan fingerprint density at radius 1 is 1.03 bits per heavy atom. The average Bonchev–Trinajstić information content (AvgIpc) is 3.13. The van der Waals surface area contributed by atoms with Gasteiger partial charge in [0.2, 0.25) is 0 Å². The molecule has 5 nitrogen and oxygen atoms in total. The Balaban J connectivity index is 1.58. The molecule has 1 aliphatic rings. The molecule has 0 aliphatic carbocycles. The van der Waals surface area contributed by atoms with Gasteiger partial charge in [-0.25, -0.2) is 0 Å². The summed E-state index contributed by atoms with van der Waals surface area (Å²) in [4.78, 5) is 31.1. The third kappa shape index (κ3) is 4.56. The van der Waals surface area contributed by atoms with E-state index in [0.29, 0.717) is 17.3 Å². The van der Waals surface area contributed by atoms with Crippen molar-refractivity contribution in [2.75, 3.05) is 5.01 Å². The molecule has 0 N–H and O–H groups in total. The summed E-state index contributed by atoms with van der Waals surface area (Å²) in [6.45, 7) is 10.1. The average molecular weight is 454 g/mol. The Hall–Kier alpha value is -3.60. The summed E-state index contributed by atoms with van der Waals surface area (Å²) in [5.74, 6) is -0.842. The molecule has 0 radical (unpaired) electrons. The van der Waals surface area contributed by atoms with Crippen molar-refractivity contribution in [1.29, 1.82) is 0 Å². The zero-order valence-corrected chi connectivity index (χ0v) is 20.5. The highest BCUT2D eigenvalue weighted by molar-refractivity contribution is 6.27. The van der Waals surface area contributed by atoms with Gasteiger partial charge in [0.05, 0.1) is 17.1 Å². The van der Waals surface area contributed by atoms with Gasteiger partial charge >= 0.3 is 0 Å². The van der Waals surface area contributed by atoms with E-state index in [1.807, 2.05) is 56.3 Å². The number of pyridine rings is 1. The van der Waals surface area contributed by atoms with Crippen LogP contribution in [0.15, 0.2) is 65.9 Å². The Bertz CT molecular complexity index is 1280. The lowest BCUT2D eigenvalue weighted by molar-refractivity contribution is -0.128. The number of hydrogen-bond donors (Lipinski definition) is 0. The first kappa shape index (κ1) is 23.6. The Morgan fingerprint density at radius 2 is 1.82 bits per heavy atom. The van der Waals surface area contributed by atoms with E-state index in [-0.39, 0.29) is 18.1 Å². The topological polar surface area (TPSA) is 62.6 Å². The highest BCUT2D eigenvalue weighted by atomic mass is 16.2. The van der Waals surface area contributed by atoms with Gasteiger partial charge in [-0.05, 0) is 73.6 Å². The van der Waals surface area contributed by atoms with E-state index in [1.54, 1.807) is 13.1 Å². The summed E-state index contributed by atoms with van der Waals surface area (Å²) in [5, 5.41) is 5.86. The molecule has 1 amide bonds. The number of aromatic nitrogens is 1. The van der Waals surface area contributed by atoms with Gasteiger partial charge in [-0.15, -0.1) is 0 Å². The molecular formula is C29H31N3O2. The smallest absolute Gasteiger partial charge is 0.263 e. The second-order valence-electron chi connectivity index (χ2n) is 9.19. The summed E-state index contributed by atoms with van der Waals surface area (Å²) in [6.07, 6.45) is 3.02. The summed E-state index contributed by atoms with van der Waals surface area (Å²) >= 11 is 0. The SMILES string of the molecule is CCC(C)c1cccc(CC(=O)C2C(=O)N(c3ccc(C)c(-c4ncccc4C)c3)N=C2C)c1. The normalized spacial score (nSPS) is 16.5. The largest absolute Gasteiger partial charge is 0.298 e. The number of hydrazone groups is 1. The maximum absolute atomic E-state index is 13.3. The summed E-state index contributed by atoms with van der Waals surface area (Å²) in [6, 6.07) is 17.8. The van der Waals surface area contributed by atoms with Gasteiger partial charge < -0.3 is 0 Å². The number of rotatable bonds is 7. The van der Waals surface area contributed by atoms with Crippen LogP contribution in [0, 0.1) is 19.8 Å². The molecule has 3 aromatic rings. The number of hydrogen-bond acceptors (Lipinski definition) is 4. The molecule has 0 bridgehead atoms. The van der Waals surface area contributed by atoms with Crippen LogP contribution in [0.2, 0.25) is 0 Å². The van der Waals surface area contributed by atoms with Gasteiger partial charge in [0, 0.05) is 18.2 Å². The second kappa shape index (κ2) is 9.72. The third-order valence-corrected chi connectivity index (χ3v) is 6.69. The second-order valence-corrected chi connectivity index (χ2v) is 9.19. The van der Waals surface area contributed by atoms with Crippen LogP contribution in [0.5, 0.6) is 0 Å². The van der Waals surface area contributed by atoms with Gasteiger partial charge in [0.25, 0.3) is 5.91 Å². The molecule has 4 rings (SSSR count). The van der Waals surface area contributed by atoms with Crippen molar-refractivity contribution in [3.63, 3.8) is 0 Å². The fourth-order valence-electron chi connectivity index (χ4n) is 4.43. The number of carbonyl (C=O) groups excluding carboxylic acids is 2. The van der Waals surface area contributed by atoms with Crippen LogP contribution >= 0.6 is 0 Å². The number of carbonyl (C=O) groups is 2. The number of benzene rings is 2. The van der Waals surface area contributed by atoms with Gasteiger partial charge in [-0.2, -0.15) is 10.1 Å². The molecule has 0 fully saturated rings. The van der Waals surface area contributed by atoms with Crippen molar-refractivity contribution in [2.45, 2.75) is 53.4 Å². The zero-order chi connectivity index (χ0) is 24.4. The van der Waals surface area contributed by atoms with E-state index in [2.05, 4.69) is 36.1 Å². The molecular weight excluding hydrogens is 422 g/mol. The Labute approximate surface area is 201 Å². The van der Waals surface area contributed by atoms with Crippen LogP contribution in [0.3, 0.4) is 0 Å². The van der Waals surface area contributed by atoms with Crippen LogP contribution in [-0.4, -0.2) is 22.4 Å². The van der Waals surface area contributed by atoms with Gasteiger partial charge in [0.1, 0.15) is 5.92 Å². The fraction of sp³-hybridized carbons (Fsp3) is 0.310. The molecule has 2 heterocycles. The molecule has 0 saturated heterocycles. The Kier molecular flexibility index (Phi) is 6.73. The molecule has 174 valence electrons. The molecule has 1 aliphatic heterocycles. The van der Waals surface area contributed by atoms with E-state index in [9.17, 15) is 9.59 Å². The monoisotopic (exact) mass is 453 g/mol. The predicted molar refractivity (Wildman–Crippen MR) is 137 cm³/mol. The van der Waals surface area contributed by atoms with Crippen LogP contribution < -0.4 is 5.01 Å². The first-order valence-corrected chi connectivity index (χ1v) is 11.8. The number of Topliss-reactive ketones (excluding diaryl/α,β-unsaturated/α-hetero) is 1. The predicted octanol–water partition coefficient (Wildman–Crippen LogP) is 6.03. The molecule has 5 heteroatoms. The van der Waals surface area contributed by atoms with E-state index in [0.717, 1.165) is 34.4 Å². The highest BCUT2D eigenvalue weighted by Gasteiger charge is 2.39. The lowest BCUT2D eigenvalue weighted by Crippen LogP contribution is -2.33. The summed E-state index contributed by atoms with van der Waals surface area (Å²) in [5.41, 5.74) is 7.28. The minimum atomic E-state index is -0.853. The van der Waals surface area contributed by atoms with Gasteiger partial charge in [-0.3, -0.25) is 14.6 Å². The molecule has 2 aromatic carbocycles. The molecule has 0 saturated carbocycles. The summed E-state index contributed by atoms with van der Waals surface area (Å²) < 4.78 is 0. The molecule has 2 atom stereocenters. The number of anilines is 1. The van der Waals surface area contributed by atoms with Gasteiger partial charge in [-0.1, -0.05) is 50.2 Å². The minimum Gasteiger partial charge on any atom is -0.298 e. The van der Waals surface area contributed by atoms with E-state index in [1.165, 1.54) is 10.6 Å². The third-order valence-electron chi connectivity index (χ3n) is 6.69. The number of amides is 1. The van der Waals surface area contributed by atoms with Gasteiger partial charge in [0.15, 0.2) is 5.78 Å². The molecule has 0 spiro atoms. The van der Waals surface area contributed by atoms with Crippen LogP contribution in [-0.2, 0) is 16.0 Å². The number of ketones is 1. The molecule has 34 heavy (non-hydrogen) atoms. The van der Waals surface area contributed by atoms with Crippen molar-refractivity contribution in [2.24, 2.45) is 11.0 Å². The molecule has 1 aromatic heterocycles. The van der Waals surface area contributed by atoms with Crippen molar-refractivity contribution < 1.29 is 9.59 Å². The van der Waals surface area contributed by atoms with Crippen molar-refractivity contribution in [3.8, 4) is 11.3 Å². The van der Waals surface area contributed by atoms with Crippen molar-refractivity contribution >= 4 is 23.1 Å². The zero-order valence-electron chi connectivity index (χ0n) is 20.5. The van der Waals surface area contributed by atoms with E-state index < -0.39 is 5.92 Å². The minimum absolute atomic E-state index is 0.122. The van der Waals surface area contributed by atoms with Crippen LogP contribution in [0.4, 0.5) is 5.69 Å². The summed E-state index contributed by atoms with van der Waals surface area (Å²) in [7, 11) is 0. The van der Waals surface area contributed by atoms with Crippen molar-refractivity contribution in [1.82, 2.24) is 4.98 Å².